The predicted octanol–water partition coefficient (Wildman–Crippen LogP) is 3.81. The summed E-state index contributed by atoms with van der Waals surface area (Å²) in [6.45, 7) is 12.7. The summed E-state index contributed by atoms with van der Waals surface area (Å²) in [5.74, 6) is 2.94. The highest BCUT2D eigenvalue weighted by molar-refractivity contribution is 6.83. The van der Waals surface area contributed by atoms with Crippen LogP contribution in [0.5, 0.6) is 0 Å². The molecule has 4 heteroatoms. The number of carbonyl (C=O) groups is 1. The van der Waals surface area contributed by atoms with E-state index in [4.69, 9.17) is 9.47 Å². The van der Waals surface area contributed by atoms with Gasteiger partial charge in [0.05, 0.1) is 12.7 Å². The van der Waals surface area contributed by atoms with Crippen molar-refractivity contribution in [2.45, 2.75) is 59.0 Å². The average molecular weight is 333 g/mol. The maximum atomic E-state index is 12.1. The van der Waals surface area contributed by atoms with Crippen LogP contribution in [0.1, 0.15) is 31.9 Å². The van der Waals surface area contributed by atoms with Crippen molar-refractivity contribution in [3.63, 3.8) is 0 Å². The molecule has 3 nitrogen and oxygen atoms in total. The van der Waals surface area contributed by atoms with E-state index in [1.165, 1.54) is 0 Å². The fourth-order valence-electron chi connectivity index (χ4n) is 2.00. The van der Waals surface area contributed by atoms with Crippen molar-refractivity contribution >= 4 is 14.0 Å². The highest BCUT2D eigenvalue weighted by Crippen LogP contribution is 2.12. The molecule has 0 fully saturated rings. The van der Waals surface area contributed by atoms with Gasteiger partial charge in [-0.2, -0.15) is 0 Å². The normalized spacial score (nSPS) is 12.5. The molecule has 0 aromatic heterocycles. The Balaban J connectivity index is 2.91. The number of hydrogen-bond donors (Lipinski definition) is 0. The molecular formula is C19H28O3Si. The summed E-state index contributed by atoms with van der Waals surface area (Å²) >= 11 is 0. The minimum absolute atomic E-state index is 0.0285. The number of benzene rings is 1. The second-order valence-electron chi connectivity index (χ2n) is 6.83. The Morgan fingerprint density at radius 2 is 1.96 bits per heavy atom. The van der Waals surface area contributed by atoms with Gasteiger partial charge in [0, 0.05) is 12.0 Å². The molecule has 0 N–H and O–H groups in total. The van der Waals surface area contributed by atoms with Gasteiger partial charge in [0.2, 0.25) is 0 Å². The molecular weight excluding hydrogens is 304 g/mol. The summed E-state index contributed by atoms with van der Waals surface area (Å²) in [7, 11) is -1.40. The van der Waals surface area contributed by atoms with Crippen LogP contribution in [0.2, 0.25) is 19.6 Å². The van der Waals surface area contributed by atoms with Crippen LogP contribution >= 0.6 is 0 Å². The molecule has 0 bridgehead atoms. The largest absolute Gasteiger partial charge is 0.464 e. The maximum Gasteiger partial charge on any atom is 0.335 e. The van der Waals surface area contributed by atoms with Gasteiger partial charge in [0.15, 0.2) is 6.10 Å². The zero-order chi connectivity index (χ0) is 17.5. The first-order chi connectivity index (χ1) is 10.7. The fourth-order valence-corrected chi connectivity index (χ4v) is 2.52. The van der Waals surface area contributed by atoms with Crippen molar-refractivity contribution < 1.29 is 14.3 Å². The lowest BCUT2D eigenvalue weighted by Gasteiger charge is -2.19. The van der Waals surface area contributed by atoms with Crippen LogP contribution in [-0.4, -0.2) is 32.9 Å². The molecule has 1 aromatic rings. The Labute approximate surface area is 141 Å². The van der Waals surface area contributed by atoms with Gasteiger partial charge in [0.1, 0.15) is 8.07 Å². The molecule has 0 amide bonds. The van der Waals surface area contributed by atoms with Crippen molar-refractivity contribution in [2.24, 2.45) is 0 Å². The molecule has 0 aliphatic heterocycles. The van der Waals surface area contributed by atoms with Gasteiger partial charge in [0.25, 0.3) is 0 Å². The van der Waals surface area contributed by atoms with E-state index in [1.54, 1.807) is 6.92 Å². The number of ether oxygens (including phenoxy) is 2. The highest BCUT2D eigenvalue weighted by Gasteiger charge is 2.22. The third kappa shape index (κ3) is 8.01. The van der Waals surface area contributed by atoms with E-state index in [9.17, 15) is 4.79 Å². The first kappa shape index (κ1) is 19.5. The Morgan fingerprint density at radius 1 is 1.26 bits per heavy atom. The van der Waals surface area contributed by atoms with Gasteiger partial charge in [-0.15, -0.1) is 5.54 Å². The molecule has 126 valence electrons. The number of rotatable bonds is 6. The average Bonchev–Trinajstić information content (AvgIpc) is 2.44. The van der Waals surface area contributed by atoms with Gasteiger partial charge in [-0.1, -0.05) is 37.7 Å². The van der Waals surface area contributed by atoms with Crippen LogP contribution in [0.3, 0.4) is 0 Å². The maximum absolute atomic E-state index is 12.1. The van der Waals surface area contributed by atoms with E-state index >= 15 is 0 Å². The second kappa shape index (κ2) is 8.90. The lowest BCUT2D eigenvalue weighted by atomic mass is 10.0. The molecule has 0 heterocycles. The lowest BCUT2D eigenvalue weighted by Crippen LogP contribution is -2.31. The second-order valence-corrected chi connectivity index (χ2v) is 11.6. The summed E-state index contributed by atoms with van der Waals surface area (Å²) in [5.41, 5.74) is 5.38. The monoisotopic (exact) mass is 332 g/mol. The Bertz CT molecular complexity index is 576. The van der Waals surface area contributed by atoms with E-state index < -0.39 is 14.2 Å². The minimum atomic E-state index is -1.40. The Kier molecular flexibility index (Phi) is 7.54. The predicted molar refractivity (Wildman–Crippen MR) is 97.0 cm³/mol. The van der Waals surface area contributed by atoms with Crippen molar-refractivity contribution in [2.75, 3.05) is 6.61 Å². The quantitative estimate of drug-likeness (QED) is 0.451. The first-order valence-corrected chi connectivity index (χ1v) is 11.7. The Hall–Kier alpha value is -1.57. The number of carbonyl (C=O) groups excluding carboxylic acids is 1. The van der Waals surface area contributed by atoms with Crippen LogP contribution in [0.4, 0.5) is 0 Å². The van der Waals surface area contributed by atoms with Crippen LogP contribution in [0, 0.1) is 11.5 Å². The zero-order valence-electron chi connectivity index (χ0n) is 15.1. The highest BCUT2D eigenvalue weighted by atomic mass is 28.3. The molecule has 1 unspecified atom stereocenters. The van der Waals surface area contributed by atoms with E-state index in [0.29, 0.717) is 13.0 Å². The minimum Gasteiger partial charge on any atom is -0.464 e. The first-order valence-electron chi connectivity index (χ1n) is 8.15. The van der Waals surface area contributed by atoms with Crippen molar-refractivity contribution in [3.05, 3.63) is 35.4 Å². The van der Waals surface area contributed by atoms with E-state index in [2.05, 4.69) is 31.1 Å². The van der Waals surface area contributed by atoms with Gasteiger partial charge in [-0.3, -0.25) is 0 Å². The van der Waals surface area contributed by atoms with Crippen molar-refractivity contribution in [3.8, 4) is 11.5 Å². The van der Waals surface area contributed by atoms with Gasteiger partial charge in [-0.05, 0) is 38.5 Å². The molecule has 0 saturated carbocycles. The summed E-state index contributed by atoms with van der Waals surface area (Å²) in [6, 6.07) is 8.00. The van der Waals surface area contributed by atoms with Gasteiger partial charge >= 0.3 is 5.97 Å². The SMILES string of the molecule is CCOC(=O)C(Cc1cccc(C#C[Si](C)(C)C)c1)OC(C)C. The molecule has 0 aliphatic carbocycles. The molecule has 1 atom stereocenters. The van der Waals surface area contributed by atoms with Crippen LogP contribution in [0.25, 0.3) is 0 Å². The molecule has 0 aliphatic rings. The number of esters is 1. The molecule has 1 aromatic carbocycles. The summed E-state index contributed by atoms with van der Waals surface area (Å²) in [5, 5.41) is 0. The topological polar surface area (TPSA) is 35.5 Å². The van der Waals surface area contributed by atoms with Crippen molar-refractivity contribution in [1.82, 2.24) is 0 Å². The number of hydrogen-bond acceptors (Lipinski definition) is 3. The van der Waals surface area contributed by atoms with E-state index in [0.717, 1.165) is 11.1 Å². The fraction of sp³-hybridized carbons (Fsp3) is 0.526. The summed E-state index contributed by atoms with van der Waals surface area (Å²) in [4.78, 5) is 12.1. The third-order valence-corrected chi connectivity index (χ3v) is 3.79. The standard InChI is InChI=1S/C19H28O3Si/c1-7-21-19(20)18(22-15(2)3)14-17-10-8-9-16(13-17)11-12-23(4,5)6/h8-10,13,15,18H,7,14H2,1-6H3. The van der Waals surface area contributed by atoms with E-state index in [1.807, 2.05) is 38.1 Å². The molecule has 0 radical (unpaired) electrons. The van der Waals surface area contributed by atoms with Crippen LogP contribution in [-0.2, 0) is 20.7 Å². The van der Waals surface area contributed by atoms with E-state index in [-0.39, 0.29) is 12.1 Å². The zero-order valence-corrected chi connectivity index (χ0v) is 16.1. The summed E-state index contributed by atoms with van der Waals surface area (Å²) in [6.07, 6.45) is -0.103. The van der Waals surface area contributed by atoms with Gasteiger partial charge < -0.3 is 9.47 Å². The molecule has 0 spiro atoms. The van der Waals surface area contributed by atoms with Gasteiger partial charge in [-0.25, -0.2) is 4.79 Å². The smallest absolute Gasteiger partial charge is 0.335 e. The molecule has 23 heavy (non-hydrogen) atoms. The lowest BCUT2D eigenvalue weighted by molar-refractivity contribution is -0.159. The van der Waals surface area contributed by atoms with Crippen LogP contribution in [0.15, 0.2) is 24.3 Å². The Morgan fingerprint density at radius 3 is 2.52 bits per heavy atom. The van der Waals surface area contributed by atoms with Crippen molar-refractivity contribution in [1.29, 1.82) is 0 Å². The third-order valence-electron chi connectivity index (χ3n) is 2.92. The molecule has 0 saturated heterocycles. The molecule has 1 rings (SSSR count). The summed E-state index contributed by atoms with van der Waals surface area (Å²) < 4.78 is 10.8. The van der Waals surface area contributed by atoms with Crippen LogP contribution < -0.4 is 0 Å².